The largest absolute Gasteiger partial charge is 0.342 e. The summed E-state index contributed by atoms with van der Waals surface area (Å²) >= 11 is 5.86. The van der Waals surface area contributed by atoms with Gasteiger partial charge in [-0.15, -0.1) is 11.6 Å². The van der Waals surface area contributed by atoms with Gasteiger partial charge in [-0.2, -0.15) is 0 Å². The van der Waals surface area contributed by atoms with Crippen LogP contribution in [0.3, 0.4) is 0 Å². The smallest absolute Gasteiger partial charge is 0.225 e. The Kier molecular flexibility index (Phi) is 2.87. The predicted molar refractivity (Wildman–Crippen MR) is 64.3 cm³/mol. The highest BCUT2D eigenvalue weighted by molar-refractivity contribution is 6.18. The Morgan fingerprint density at radius 1 is 1.25 bits per heavy atom. The van der Waals surface area contributed by atoms with Gasteiger partial charge in [0.05, 0.1) is 0 Å². The lowest BCUT2D eigenvalue weighted by molar-refractivity contribution is -0.136. The molecule has 0 aromatic rings. The minimum Gasteiger partial charge on any atom is -0.342 e. The van der Waals surface area contributed by atoms with Gasteiger partial charge in [0.2, 0.25) is 5.91 Å². The second-order valence-electron chi connectivity index (χ2n) is 5.87. The highest BCUT2D eigenvalue weighted by atomic mass is 35.5. The molecule has 2 saturated carbocycles. The highest BCUT2D eigenvalue weighted by Crippen LogP contribution is 2.49. The summed E-state index contributed by atoms with van der Waals surface area (Å²) in [6.45, 7) is 1.86. The van der Waals surface area contributed by atoms with Gasteiger partial charge in [0.15, 0.2) is 0 Å². The Bertz CT molecular complexity index is 294. The maximum atomic E-state index is 12.4. The molecule has 3 heteroatoms. The molecule has 2 nitrogen and oxygen atoms in total. The van der Waals surface area contributed by atoms with Gasteiger partial charge >= 0.3 is 0 Å². The zero-order valence-corrected chi connectivity index (χ0v) is 10.5. The molecule has 4 atom stereocenters. The van der Waals surface area contributed by atoms with Gasteiger partial charge in [-0.05, 0) is 43.4 Å². The Hall–Kier alpha value is -0.240. The van der Waals surface area contributed by atoms with E-state index in [1.165, 1.54) is 25.7 Å². The molecule has 3 rings (SSSR count). The maximum absolute atomic E-state index is 12.4. The number of hydrogen-bond donors (Lipinski definition) is 0. The molecule has 3 aliphatic rings. The molecule has 2 aliphatic carbocycles. The van der Waals surface area contributed by atoms with E-state index in [2.05, 4.69) is 4.90 Å². The van der Waals surface area contributed by atoms with Crippen molar-refractivity contribution in [3.05, 3.63) is 0 Å². The van der Waals surface area contributed by atoms with Crippen LogP contribution in [0.4, 0.5) is 0 Å². The zero-order chi connectivity index (χ0) is 11.1. The molecule has 1 saturated heterocycles. The van der Waals surface area contributed by atoms with Gasteiger partial charge in [0.25, 0.3) is 0 Å². The molecule has 1 amide bonds. The van der Waals surface area contributed by atoms with Crippen LogP contribution in [0.15, 0.2) is 0 Å². The average molecular weight is 242 g/mol. The normalized spacial score (nSPS) is 41.9. The van der Waals surface area contributed by atoms with Crippen molar-refractivity contribution in [1.29, 1.82) is 0 Å². The van der Waals surface area contributed by atoms with Crippen molar-refractivity contribution in [3.8, 4) is 0 Å². The van der Waals surface area contributed by atoms with Crippen LogP contribution in [-0.2, 0) is 4.79 Å². The molecule has 2 bridgehead atoms. The first-order chi connectivity index (χ1) is 7.78. The van der Waals surface area contributed by atoms with E-state index < -0.39 is 0 Å². The molecule has 16 heavy (non-hydrogen) atoms. The summed E-state index contributed by atoms with van der Waals surface area (Å²) < 4.78 is 0. The number of fused-ring (bicyclic) bond motifs is 2. The molecule has 1 heterocycles. The van der Waals surface area contributed by atoms with E-state index in [9.17, 15) is 4.79 Å². The van der Waals surface area contributed by atoms with Crippen LogP contribution in [0, 0.1) is 23.7 Å². The van der Waals surface area contributed by atoms with Crippen LogP contribution in [0.5, 0.6) is 0 Å². The monoisotopic (exact) mass is 241 g/mol. The molecular weight excluding hydrogens is 222 g/mol. The van der Waals surface area contributed by atoms with Crippen LogP contribution >= 0.6 is 11.6 Å². The minimum absolute atomic E-state index is 0.368. The molecule has 1 aliphatic heterocycles. The van der Waals surface area contributed by atoms with Crippen molar-refractivity contribution >= 4 is 17.5 Å². The number of nitrogens with zero attached hydrogens (tertiary/aromatic N) is 1. The number of carbonyl (C=O) groups excluding carboxylic acids is 1. The first-order valence-electron chi connectivity index (χ1n) is 6.62. The van der Waals surface area contributed by atoms with Crippen molar-refractivity contribution in [2.24, 2.45) is 23.7 Å². The summed E-state index contributed by atoms with van der Waals surface area (Å²) in [5.74, 6) is 3.65. The number of hydrogen-bond acceptors (Lipinski definition) is 1. The van der Waals surface area contributed by atoms with Gasteiger partial charge in [-0.1, -0.05) is 6.42 Å². The third-order valence-electron chi connectivity index (χ3n) is 4.87. The molecule has 90 valence electrons. The quantitative estimate of drug-likeness (QED) is 0.681. The fourth-order valence-electron chi connectivity index (χ4n) is 3.94. The molecule has 0 N–H and O–H groups in total. The molecular formula is C13H20ClNO. The van der Waals surface area contributed by atoms with Gasteiger partial charge in [0.1, 0.15) is 0 Å². The van der Waals surface area contributed by atoms with Gasteiger partial charge in [0, 0.05) is 24.9 Å². The lowest BCUT2D eigenvalue weighted by atomic mass is 9.88. The molecule has 0 radical (unpaired) electrons. The third-order valence-corrected chi connectivity index (χ3v) is 5.31. The van der Waals surface area contributed by atoms with Crippen LogP contribution in [0.25, 0.3) is 0 Å². The van der Waals surface area contributed by atoms with E-state index >= 15 is 0 Å². The second kappa shape index (κ2) is 4.21. The molecule has 0 aromatic heterocycles. The van der Waals surface area contributed by atoms with Gasteiger partial charge < -0.3 is 4.90 Å². The van der Waals surface area contributed by atoms with Crippen LogP contribution in [0.1, 0.15) is 32.1 Å². The summed E-state index contributed by atoms with van der Waals surface area (Å²) in [5.41, 5.74) is 0. The molecule has 0 spiro atoms. The topological polar surface area (TPSA) is 20.3 Å². The fourth-order valence-corrected chi connectivity index (χ4v) is 4.19. The third kappa shape index (κ3) is 1.75. The number of halogens is 1. The average Bonchev–Trinajstić information content (AvgIpc) is 3.03. The summed E-state index contributed by atoms with van der Waals surface area (Å²) in [6, 6.07) is 0. The zero-order valence-electron chi connectivity index (χ0n) is 9.70. The Labute approximate surface area is 102 Å². The molecule has 0 aromatic carbocycles. The number of likely N-dealkylation sites (tertiary alicyclic amines) is 1. The standard InChI is InChI=1S/C13H20ClNO/c14-7-10-3-4-15(8-10)13(16)12-6-9-1-2-11(12)5-9/h9-12H,1-8H2. The first-order valence-corrected chi connectivity index (χ1v) is 7.16. The van der Waals surface area contributed by atoms with Crippen LogP contribution < -0.4 is 0 Å². The fraction of sp³-hybridized carbons (Fsp3) is 0.923. The number of carbonyl (C=O) groups is 1. The van der Waals surface area contributed by atoms with E-state index in [0.29, 0.717) is 29.5 Å². The summed E-state index contributed by atoms with van der Waals surface area (Å²) in [6.07, 6.45) is 6.28. The van der Waals surface area contributed by atoms with Crippen molar-refractivity contribution in [1.82, 2.24) is 4.90 Å². The van der Waals surface area contributed by atoms with E-state index in [1.54, 1.807) is 0 Å². The molecule has 4 unspecified atom stereocenters. The molecule has 3 fully saturated rings. The van der Waals surface area contributed by atoms with Crippen LogP contribution in [-0.4, -0.2) is 29.8 Å². The van der Waals surface area contributed by atoms with E-state index in [4.69, 9.17) is 11.6 Å². The van der Waals surface area contributed by atoms with E-state index in [-0.39, 0.29) is 0 Å². The van der Waals surface area contributed by atoms with Gasteiger partial charge in [-0.3, -0.25) is 4.79 Å². The Balaban J connectivity index is 1.61. The lowest BCUT2D eigenvalue weighted by Gasteiger charge is -2.26. The first kappa shape index (κ1) is 10.9. The summed E-state index contributed by atoms with van der Waals surface area (Å²) in [4.78, 5) is 14.5. The Morgan fingerprint density at radius 3 is 2.69 bits per heavy atom. The lowest BCUT2D eigenvalue weighted by Crippen LogP contribution is -2.36. The van der Waals surface area contributed by atoms with E-state index in [1.807, 2.05) is 0 Å². The summed E-state index contributed by atoms with van der Waals surface area (Å²) in [5, 5.41) is 0. The predicted octanol–water partition coefficient (Wildman–Crippen LogP) is 2.51. The Morgan fingerprint density at radius 2 is 2.12 bits per heavy atom. The minimum atomic E-state index is 0.368. The van der Waals surface area contributed by atoms with Crippen LogP contribution in [0.2, 0.25) is 0 Å². The number of amides is 1. The number of rotatable bonds is 2. The summed E-state index contributed by atoms with van der Waals surface area (Å²) in [7, 11) is 0. The van der Waals surface area contributed by atoms with Gasteiger partial charge in [-0.25, -0.2) is 0 Å². The maximum Gasteiger partial charge on any atom is 0.225 e. The van der Waals surface area contributed by atoms with Crippen molar-refractivity contribution in [2.75, 3.05) is 19.0 Å². The van der Waals surface area contributed by atoms with E-state index in [0.717, 1.165) is 25.4 Å². The highest BCUT2D eigenvalue weighted by Gasteiger charge is 2.45. The van der Waals surface area contributed by atoms with Crippen molar-refractivity contribution in [3.63, 3.8) is 0 Å². The second-order valence-corrected chi connectivity index (χ2v) is 6.18. The van der Waals surface area contributed by atoms with Crippen molar-refractivity contribution in [2.45, 2.75) is 32.1 Å². The van der Waals surface area contributed by atoms with Crippen molar-refractivity contribution < 1.29 is 4.79 Å². The number of alkyl halides is 1. The SMILES string of the molecule is O=C(C1CC2CCC1C2)N1CCC(CCl)C1.